The molecule has 0 unspecified atom stereocenters. The average Bonchev–Trinajstić information content (AvgIpc) is 2.49. The molecular weight excluding hydrogens is 308 g/mol. The van der Waals surface area contributed by atoms with E-state index in [1.807, 2.05) is 54.8 Å². The molecule has 0 fully saturated rings. The summed E-state index contributed by atoms with van der Waals surface area (Å²) in [5.74, 6) is 1.50. The maximum absolute atomic E-state index is 12.0. The van der Waals surface area contributed by atoms with Gasteiger partial charge < -0.3 is 0 Å². The molecule has 2 aromatic rings. The molecule has 0 saturated carbocycles. The number of hydrogen-bond donors (Lipinski definition) is 0. The number of carbonyl (C=O) groups is 1. The second-order valence-electron chi connectivity index (χ2n) is 4.27. The van der Waals surface area contributed by atoms with E-state index < -0.39 is 0 Å². The van der Waals surface area contributed by atoms with Gasteiger partial charge in [0.1, 0.15) is 0 Å². The molecule has 0 saturated heterocycles. The minimum absolute atomic E-state index is 0.177. The maximum Gasteiger partial charge on any atom is 0.172 e. The zero-order chi connectivity index (χ0) is 14.4. The summed E-state index contributed by atoms with van der Waals surface area (Å²) in [6.07, 6.45) is 2.03. The number of hydrogen-bond acceptors (Lipinski definition) is 3. The van der Waals surface area contributed by atoms with Crippen molar-refractivity contribution in [1.82, 2.24) is 0 Å². The summed E-state index contributed by atoms with van der Waals surface area (Å²) in [5.41, 5.74) is 1.97. The van der Waals surface area contributed by atoms with E-state index in [0.29, 0.717) is 5.75 Å². The smallest absolute Gasteiger partial charge is 0.172 e. The summed E-state index contributed by atoms with van der Waals surface area (Å²) < 4.78 is 0. The van der Waals surface area contributed by atoms with Crippen LogP contribution in [-0.2, 0) is 5.75 Å². The fourth-order valence-electron chi connectivity index (χ4n) is 1.70. The molecule has 4 heteroatoms. The van der Waals surface area contributed by atoms with Gasteiger partial charge >= 0.3 is 0 Å². The predicted octanol–water partition coefficient (Wildman–Crippen LogP) is 5.18. The lowest BCUT2D eigenvalue weighted by Gasteiger charge is -2.03. The van der Waals surface area contributed by atoms with E-state index in [9.17, 15) is 4.79 Å². The summed E-state index contributed by atoms with van der Waals surface area (Å²) in [7, 11) is 0. The van der Waals surface area contributed by atoms with Crippen LogP contribution in [0.25, 0.3) is 0 Å². The van der Waals surface area contributed by atoms with E-state index in [4.69, 9.17) is 11.6 Å². The third kappa shape index (κ3) is 4.58. The maximum atomic E-state index is 12.0. The largest absolute Gasteiger partial charge is 0.293 e. The molecule has 0 bridgehead atoms. The first-order chi connectivity index (χ1) is 9.69. The molecule has 0 aliphatic carbocycles. The summed E-state index contributed by atoms with van der Waals surface area (Å²) in [6, 6.07) is 15.5. The molecule has 0 aliphatic heterocycles. The highest BCUT2D eigenvalue weighted by molar-refractivity contribution is 7.99. The number of thioether (sulfide) groups is 2. The molecule has 0 spiro atoms. The van der Waals surface area contributed by atoms with Gasteiger partial charge in [0, 0.05) is 21.2 Å². The third-order valence-electron chi connectivity index (χ3n) is 2.83. The van der Waals surface area contributed by atoms with Gasteiger partial charge in [0.2, 0.25) is 0 Å². The van der Waals surface area contributed by atoms with E-state index in [1.165, 1.54) is 10.5 Å². The van der Waals surface area contributed by atoms with Crippen molar-refractivity contribution in [2.24, 2.45) is 0 Å². The second-order valence-corrected chi connectivity index (χ2v) is 6.57. The topological polar surface area (TPSA) is 17.1 Å². The number of rotatable bonds is 6. The molecule has 0 aromatic heterocycles. The molecule has 0 aliphatic rings. The summed E-state index contributed by atoms with van der Waals surface area (Å²) in [4.78, 5) is 13.2. The zero-order valence-corrected chi connectivity index (χ0v) is 13.5. The highest BCUT2D eigenvalue weighted by atomic mass is 35.5. The lowest BCUT2D eigenvalue weighted by molar-refractivity contribution is 0.102. The highest BCUT2D eigenvalue weighted by Gasteiger charge is 2.06. The Balaban J connectivity index is 1.83. The molecular formula is C16H15ClOS2. The standard InChI is InChI=1S/C16H15ClOS2/c1-19-15-8-4-13(5-9-15)16(18)11-20-10-12-2-6-14(17)7-3-12/h2-9H,10-11H2,1H3. The molecule has 104 valence electrons. The van der Waals surface area contributed by atoms with Gasteiger partial charge in [0.15, 0.2) is 5.78 Å². The van der Waals surface area contributed by atoms with E-state index in [-0.39, 0.29) is 5.78 Å². The fourth-order valence-corrected chi connectivity index (χ4v) is 3.12. The fraction of sp³-hybridized carbons (Fsp3) is 0.188. The summed E-state index contributed by atoms with van der Waals surface area (Å²) >= 11 is 9.14. The van der Waals surface area contributed by atoms with Crippen LogP contribution in [0.1, 0.15) is 15.9 Å². The van der Waals surface area contributed by atoms with Gasteiger partial charge in [0.05, 0.1) is 5.75 Å². The van der Waals surface area contributed by atoms with Gasteiger partial charge in [-0.05, 0) is 36.1 Å². The van der Waals surface area contributed by atoms with E-state index in [0.717, 1.165) is 16.3 Å². The van der Waals surface area contributed by atoms with Crippen molar-refractivity contribution in [1.29, 1.82) is 0 Å². The van der Waals surface area contributed by atoms with E-state index in [2.05, 4.69) is 0 Å². The van der Waals surface area contributed by atoms with E-state index >= 15 is 0 Å². The van der Waals surface area contributed by atoms with Crippen molar-refractivity contribution in [2.45, 2.75) is 10.6 Å². The Kier molecular flexibility index (Phi) is 6.02. The summed E-state index contributed by atoms with van der Waals surface area (Å²) in [5, 5.41) is 0.740. The first kappa shape index (κ1) is 15.5. The van der Waals surface area contributed by atoms with Gasteiger partial charge in [-0.3, -0.25) is 4.79 Å². The molecule has 20 heavy (non-hydrogen) atoms. The Bertz CT molecular complexity index is 564. The Labute approximate surface area is 133 Å². The minimum atomic E-state index is 0.177. The number of halogens is 1. The van der Waals surface area contributed by atoms with Crippen LogP contribution < -0.4 is 0 Å². The first-order valence-corrected chi connectivity index (χ1v) is 8.94. The Morgan fingerprint density at radius 3 is 2.30 bits per heavy atom. The van der Waals surface area contributed by atoms with Crippen LogP contribution in [0.15, 0.2) is 53.4 Å². The van der Waals surface area contributed by atoms with Crippen LogP contribution in [0.2, 0.25) is 5.02 Å². The lowest BCUT2D eigenvalue weighted by atomic mass is 10.1. The first-order valence-electron chi connectivity index (χ1n) is 6.18. The predicted molar refractivity (Wildman–Crippen MR) is 90.2 cm³/mol. The number of Topliss-reactive ketones (excluding diaryl/α,β-unsaturated/α-hetero) is 1. The third-order valence-corrected chi connectivity index (χ3v) is 4.83. The van der Waals surface area contributed by atoms with Crippen LogP contribution in [0.4, 0.5) is 0 Å². The highest BCUT2D eigenvalue weighted by Crippen LogP contribution is 2.18. The monoisotopic (exact) mass is 322 g/mol. The van der Waals surface area contributed by atoms with Gasteiger partial charge in [-0.1, -0.05) is 35.9 Å². The van der Waals surface area contributed by atoms with Crippen LogP contribution in [0.3, 0.4) is 0 Å². The van der Waals surface area contributed by atoms with Crippen molar-refractivity contribution < 1.29 is 4.79 Å². The van der Waals surface area contributed by atoms with Crippen LogP contribution >= 0.6 is 35.1 Å². The summed E-state index contributed by atoms with van der Waals surface area (Å²) in [6.45, 7) is 0. The van der Waals surface area contributed by atoms with Crippen molar-refractivity contribution in [3.8, 4) is 0 Å². The molecule has 0 heterocycles. The molecule has 1 nitrogen and oxygen atoms in total. The molecule has 2 aromatic carbocycles. The molecule has 0 atom stereocenters. The van der Waals surface area contributed by atoms with Gasteiger partial charge in [-0.2, -0.15) is 0 Å². The number of carbonyl (C=O) groups excluding carboxylic acids is 1. The van der Waals surface area contributed by atoms with Gasteiger partial charge in [-0.15, -0.1) is 23.5 Å². The molecule has 0 N–H and O–H groups in total. The number of ketones is 1. The Morgan fingerprint density at radius 2 is 1.70 bits per heavy atom. The molecule has 0 amide bonds. The normalized spacial score (nSPS) is 10.5. The zero-order valence-electron chi connectivity index (χ0n) is 11.1. The average molecular weight is 323 g/mol. The van der Waals surface area contributed by atoms with Crippen molar-refractivity contribution in [3.63, 3.8) is 0 Å². The lowest BCUT2D eigenvalue weighted by Crippen LogP contribution is -2.02. The van der Waals surface area contributed by atoms with E-state index in [1.54, 1.807) is 23.5 Å². The van der Waals surface area contributed by atoms with Crippen LogP contribution in [0.5, 0.6) is 0 Å². The van der Waals surface area contributed by atoms with Crippen LogP contribution in [0, 0.1) is 0 Å². The SMILES string of the molecule is CSc1ccc(C(=O)CSCc2ccc(Cl)cc2)cc1. The Hall–Kier alpha value is -0.900. The quantitative estimate of drug-likeness (QED) is 0.539. The molecule has 0 radical (unpaired) electrons. The minimum Gasteiger partial charge on any atom is -0.293 e. The van der Waals surface area contributed by atoms with Crippen molar-refractivity contribution >= 4 is 40.9 Å². The Morgan fingerprint density at radius 1 is 1.05 bits per heavy atom. The van der Waals surface area contributed by atoms with Gasteiger partial charge in [0.25, 0.3) is 0 Å². The van der Waals surface area contributed by atoms with Gasteiger partial charge in [-0.25, -0.2) is 0 Å². The number of benzene rings is 2. The second kappa shape index (κ2) is 7.77. The van der Waals surface area contributed by atoms with Crippen LogP contribution in [-0.4, -0.2) is 17.8 Å². The van der Waals surface area contributed by atoms with Crippen molar-refractivity contribution in [3.05, 3.63) is 64.7 Å². The molecule has 2 rings (SSSR count). The van der Waals surface area contributed by atoms with Crippen molar-refractivity contribution in [2.75, 3.05) is 12.0 Å².